The Labute approximate surface area is 126 Å². The largest absolute Gasteiger partial charge is 0.432 e. The van der Waals surface area contributed by atoms with Crippen LogP contribution in [0.4, 0.5) is 26.3 Å². The van der Waals surface area contributed by atoms with Gasteiger partial charge in [-0.15, -0.1) is 0 Å². The first-order chi connectivity index (χ1) is 10.7. The SMILES string of the molecule is Cc1cc(F)c(C(F)(F)Oc2cc(F)c(C#N)c(F)c2)c(F)c1. The first-order valence-corrected chi connectivity index (χ1v) is 6.08. The zero-order valence-corrected chi connectivity index (χ0v) is 11.4. The van der Waals surface area contributed by atoms with E-state index < -0.39 is 46.3 Å². The lowest BCUT2D eigenvalue weighted by molar-refractivity contribution is -0.189. The molecular formula is C15H7F6NO. The van der Waals surface area contributed by atoms with Crippen LogP contribution in [0.15, 0.2) is 24.3 Å². The molecule has 2 rings (SSSR count). The molecule has 0 saturated carbocycles. The lowest BCUT2D eigenvalue weighted by Gasteiger charge is -2.20. The van der Waals surface area contributed by atoms with E-state index in [1.807, 2.05) is 0 Å². The third-order valence-electron chi connectivity index (χ3n) is 2.85. The number of hydrogen-bond acceptors (Lipinski definition) is 2. The average molecular weight is 331 g/mol. The summed E-state index contributed by atoms with van der Waals surface area (Å²) < 4.78 is 85.8. The maximum Gasteiger partial charge on any atom is 0.432 e. The van der Waals surface area contributed by atoms with E-state index in [0.29, 0.717) is 24.3 Å². The third kappa shape index (κ3) is 3.23. The maximum atomic E-state index is 13.9. The Bertz CT molecular complexity index is 766. The molecule has 0 saturated heterocycles. The van der Waals surface area contributed by atoms with E-state index in [9.17, 15) is 26.3 Å². The number of rotatable bonds is 3. The van der Waals surface area contributed by atoms with Crippen molar-refractivity contribution in [2.45, 2.75) is 13.0 Å². The van der Waals surface area contributed by atoms with Crippen molar-refractivity contribution in [1.82, 2.24) is 0 Å². The summed E-state index contributed by atoms with van der Waals surface area (Å²) in [5.41, 5.74) is -2.61. The predicted molar refractivity (Wildman–Crippen MR) is 66.7 cm³/mol. The standard InChI is InChI=1S/C15H7F6NO/c1-7-2-12(18)14(13(19)3-7)15(20,21)23-8-4-10(16)9(6-22)11(17)5-8/h2-5H,1H3. The van der Waals surface area contributed by atoms with E-state index in [-0.39, 0.29) is 5.56 Å². The van der Waals surface area contributed by atoms with E-state index >= 15 is 0 Å². The van der Waals surface area contributed by atoms with Crippen LogP contribution in [-0.4, -0.2) is 0 Å². The number of nitriles is 1. The van der Waals surface area contributed by atoms with Crippen LogP contribution >= 0.6 is 0 Å². The van der Waals surface area contributed by atoms with Crippen molar-refractivity contribution in [3.05, 3.63) is 64.2 Å². The molecular weight excluding hydrogens is 324 g/mol. The van der Waals surface area contributed by atoms with Gasteiger partial charge in [0.1, 0.15) is 46.2 Å². The number of benzene rings is 2. The minimum absolute atomic E-state index is 0.0648. The van der Waals surface area contributed by atoms with Gasteiger partial charge in [-0.25, -0.2) is 17.6 Å². The van der Waals surface area contributed by atoms with E-state index in [0.717, 1.165) is 0 Å². The van der Waals surface area contributed by atoms with Gasteiger partial charge in [0.2, 0.25) is 0 Å². The highest BCUT2D eigenvalue weighted by molar-refractivity contribution is 5.38. The zero-order chi connectivity index (χ0) is 17.4. The van der Waals surface area contributed by atoms with Crippen LogP contribution in [0.1, 0.15) is 16.7 Å². The molecule has 0 aliphatic heterocycles. The van der Waals surface area contributed by atoms with Gasteiger partial charge in [0.25, 0.3) is 0 Å². The smallest absolute Gasteiger partial charge is 0.429 e. The summed E-state index contributed by atoms with van der Waals surface area (Å²) in [6, 6.07) is 3.16. The molecule has 0 unspecified atom stereocenters. The van der Waals surface area contributed by atoms with Crippen LogP contribution in [0.3, 0.4) is 0 Å². The van der Waals surface area contributed by atoms with E-state index in [2.05, 4.69) is 4.74 Å². The van der Waals surface area contributed by atoms with Gasteiger partial charge >= 0.3 is 6.11 Å². The van der Waals surface area contributed by atoms with Crippen molar-refractivity contribution in [3.8, 4) is 11.8 Å². The monoisotopic (exact) mass is 331 g/mol. The molecule has 2 nitrogen and oxygen atoms in total. The van der Waals surface area contributed by atoms with Crippen molar-refractivity contribution in [2.24, 2.45) is 0 Å². The molecule has 0 bridgehead atoms. The minimum atomic E-state index is -4.52. The first-order valence-electron chi connectivity index (χ1n) is 6.08. The molecule has 0 radical (unpaired) electrons. The van der Waals surface area contributed by atoms with Crippen LogP contribution < -0.4 is 4.74 Å². The molecule has 0 heterocycles. The van der Waals surface area contributed by atoms with Crippen LogP contribution in [0.2, 0.25) is 0 Å². The second-order valence-corrected chi connectivity index (χ2v) is 4.60. The van der Waals surface area contributed by atoms with Crippen LogP contribution in [0.25, 0.3) is 0 Å². The Morgan fingerprint density at radius 2 is 1.39 bits per heavy atom. The Hall–Kier alpha value is -2.69. The molecule has 0 amide bonds. The summed E-state index contributed by atoms with van der Waals surface area (Å²) in [5.74, 6) is -7.04. The number of hydrogen-bond donors (Lipinski definition) is 0. The summed E-state index contributed by atoms with van der Waals surface area (Å²) in [7, 11) is 0. The quantitative estimate of drug-likeness (QED) is 0.773. The number of nitrogens with zero attached hydrogens (tertiary/aromatic N) is 1. The van der Waals surface area contributed by atoms with E-state index in [4.69, 9.17) is 5.26 Å². The van der Waals surface area contributed by atoms with Gasteiger partial charge in [-0.3, -0.25) is 0 Å². The lowest BCUT2D eigenvalue weighted by atomic mass is 10.1. The molecule has 0 atom stereocenters. The van der Waals surface area contributed by atoms with Gasteiger partial charge in [0.15, 0.2) is 0 Å². The molecule has 0 aromatic heterocycles. The number of alkyl halides is 2. The Balaban J connectivity index is 2.45. The van der Waals surface area contributed by atoms with Crippen molar-refractivity contribution < 1.29 is 31.1 Å². The Morgan fingerprint density at radius 1 is 0.913 bits per heavy atom. The summed E-state index contributed by atoms with van der Waals surface area (Å²) in [6.07, 6.45) is -4.52. The predicted octanol–water partition coefficient (Wildman–Crippen LogP) is 4.55. The normalized spacial score (nSPS) is 11.2. The van der Waals surface area contributed by atoms with Gasteiger partial charge in [0.05, 0.1) is 0 Å². The molecule has 0 N–H and O–H groups in total. The fraction of sp³-hybridized carbons (Fsp3) is 0.133. The maximum absolute atomic E-state index is 13.9. The van der Waals surface area contributed by atoms with Crippen molar-refractivity contribution >= 4 is 0 Å². The van der Waals surface area contributed by atoms with Crippen LogP contribution in [0, 0.1) is 41.5 Å². The number of aryl methyl sites for hydroxylation is 1. The Morgan fingerprint density at radius 3 is 1.83 bits per heavy atom. The van der Waals surface area contributed by atoms with Crippen molar-refractivity contribution in [3.63, 3.8) is 0 Å². The van der Waals surface area contributed by atoms with Crippen molar-refractivity contribution in [2.75, 3.05) is 0 Å². The molecule has 2 aromatic rings. The summed E-state index contributed by atoms with van der Waals surface area (Å²) in [4.78, 5) is 0. The summed E-state index contributed by atoms with van der Waals surface area (Å²) >= 11 is 0. The molecule has 2 aromatic carbocycles. The van der Waals surface area contributed by atoms with E-state index in [1.54, 1.807) is 0 Å². The number of ether oxygens (including phenoxy) is 1. The zero-order valence-electron chi connectivity index (χ0n) is 11.4. The molecule has 0 spiro atoms. The molecule has 23 heavy (non-hydrogen) atoms. The summed E-state index contributed by atoms with van der Waals surface area (Å²) in [6.45, 7) is 1.29. The van der Waals surface area contributed by atoms with Crippen LogP contribution in [-0.2, 0) is 6.11 Å². The van der Waals surface area contributed by atoms with Gasteiger partial charge in [-0.1, -0.05) is 0 Å². The van der Waals surface area contributed by atoms with Gasteiger partial charge in [0, 0.05) is 12.1 Å². The highest BCUT2D eigenvalue weighted by Crippen LogP contribution is 2.36. The molecule has 8 heteroatoms. The highest BCUT2D eigenvalue weighted by Gasteiger charge is 2.41. The fourth-order valence-electron chi connectivity index (χ4n) is 1.89. The van der Waals surface area contributed by atoms with Gasteiger partial charge in [-0.2, -0.15) is 14.0 Å². The molecule has 0 fully saturated rings. The second-order valence-electron chi connectivity index (χ2n) is 4.60. The molecule has 0 aliphatic rings. The highest BCUT2D eigenvalue weighted by atomic mass is 19.3. The fourth-order valence-corrected chi connectivity index (χ4v) is 1.89. The van der Waals surface area contributed by atoms with Gasteiger partial charge in [-0.05, 0) is 24.6 Å². The first kappa shape index (κ1) is 16.7. The average Bonchev–Trinajstić information content (AvgIpc) is 2.35. The minimum Gasteiger partial charge on any atom is -0.429 e. The Kier molecular flexibility index (Phi) is 4.23. The van der Waals surface area contributed by atoms with Gasteiger partial charge < -0.3 is 4.74 Å². The lowest BCUT2D eigenvalue weighted by Crippen LogP contribution is -2.25. The van der Waals surface area contributed by atoms with Crippen LogP contribution in [0.5, 0.6) is 5.75 Å². The van der Waals surface area contributed by atoms with Crippen molar-refractivity contribution in [1.29, 1.82) is 5.26 Å². The molecule has 120 valence electrons. The summed E-state index contributed by atoms with van der Waals surface area (Å²) in [5, 5.41) is 8.48. The topological polar surface area (TPSA) is 33.0 Å². The number of halogens is 6. The second kappa shape index (κ2) is 5.83. The molecule has 0 aliphatic carbocycles. The third-order valence-corrected chi connectivity index (χ3v) is 2.85. The van der Waals surface area contributed by atoms with E-state index in [1.165, 1.54) is 13.0 Å².